The summed E-state index contributed by atoms with van der Waals surface area (Å²) in [5.74, 6) is 1.63. The molecule has 0 saturated heterocycles. The third-order valence-electron chi connectivity index (χ3n) is 3.66. The normalized spacial score (nSPS) is 33.6. The number of hydrogen-bond acceptors (Lipinski definition) is 2. The van der Waals surface area contributed by atoms with Crippen LogP contribution in [0.15, 0.2) is 0 Å². The van der Waals surface area contributed by atoms with E-state index in [4.69, 9.17) is 5.73 Å². The molecule has 2 heteroatoms. The van der Waals surface area contributed by atoms with E-state index >= 15 is 0 Å². The Morgan fingerprint density at radius 2 is 2.07 bits per heavy atom. The summed E-state index contributed by atoms with van der Waals surface area (Å²) in [7, 11) is 2.26. The molecule has 0 spiro atoms. The fraction of sp³-hybridized carbons (Fsp3) is 1.00. The lowest BCUT2D eigenvalue weighted by atomic mass is 9.78. The lowest BCUT2D eigenvalue weighted by Crippen LogP contribution is -2.45. The first-order valence-corrected chi connectivity index (χ1v) is 6.09. The topological polar surface area (TPSA) is 29.3 Å². The fourth-order valence-electron chi connectivity index (χ4n) is 2.75. The summed E-state index contributed by atoms with van der Waals surface area (Å²) in [6, 6.07) is 0.740. The van der Waals surface area contributed by atoms with Crippen molar-refractivity contribution in [2.45, 2.75) is 45.6 Å². The maximum atomic E-state index is 5.85. The Bertz CT molecular complexity index is 158. The van der Waals surface area contributed by atoms with E-state index in [2.05, 4.69) is 25.8 Å². The summed E-state index contributed by atoms with van der Waals surface area (Å²) in [6.07, 6.45) is 5.30. The average Bonchev–Trinajstić information content (AvgIpc) is 2.18. The molecule has 0 bridgehead atoms. The van der Waals surface area contributed by atoms with Crippen LogP contribution in [0.5, 0.6) is 0 Å². The molecule has 1 saturated carbocycles. The number of nitrogens with zero attached hydrogens (tertiary/aromatic N) is 1. The minimum Gasteiger partial charge on any atom is -0.330 e. The zero-order valence-electron chi connectivity index (χ0n) is 10.00. The third-order valence-corrected chi connectivity index (χ3v) is 3.66. The van der Waals surface area contributed by atoms with Gasteiger partial charge >= 0.3 is 0 Å². The summed E-state index contributed by atoms with van der Waals surface area (Å²) in [6.45, 7) is 6.71. The van der Waals surface area contributed by atoms with Gasteiger partial charge in [-0.15, -0.1) is 0 Å². The van der Waals surface area contributed by atoms with Gasteiger partial charge in [-0.25, -0.2) is 0 Å². The van der Waals surface area contributed by atoms with Gasteiger partial charge in [0.15, 0.2) is 0 Å². The van der Waals surface area contributed by atoms with Crippen molar-refractivity contribution in [3.63, 3.8) is 0 Å². The van der Waals surface area contributed by atoms with Gasteiger partial charge in [0.05, 0.1) is 0 Å². The Morgan fingerprint density at radius 3 is 2.64 bits per heavy atom. The highest BCUT2D eigenvalue weighted by Crippen LogP contribution is 2.31. The highest BCUT2D eigenvalue weighted by molar-refractivity contribution is 4.84. The van der Waals surface area contributed by atoms with Gasteiger partial charge in [0.25, 0.3) is 0 Å². The first kappa shape index (κ1) is 12.0. The van der Waals surface area contributed by atoms with Crippen LogP contribution in [0, 0.1) is 11.8 Å². The van der Waals surface area contributed by atoms with Crippen LogP contribution in [-0.2, 0) is 0 Å². The molecule has 1 aliphatic rings. The predicted molar refractivity (Wildman–Crippen MR) is 62.3 cm³/mol. The second kappa shape index (κ2) is 5.72. The van der Waals surface area contributed by atoms with Crippen molar-refractivity contribution in [3.05, 3.63) is 0 Å². The van der Waals surface area contributed by atoms with E-state index in [0.717, 1.165) is 24.4 Å². The van der Waals surface area contributed by atoms with Gasteiger partial charge in [-0.1, -0.05) is 20.3 Å². The monoisotopic (exact) mass is 198 g/mol. The van der Waals surface area contributed by atoms with Crippen molar-refractivity contribution in [3.8, 4) is 0 Å². The second-order valence-electron chi connectivity index (χ2n) is 4.96. The van der Waals surface area contributed by atoms with E-state index in [1.165, 1.54) is 32.2 Å². The molecule has 0 aromatic rings. The lowest BCUT2D eigenvalue weighted by Gasteiger charge is -2.40. The molecule has 1 fully saturated rings. The van der Waals surface area contributed by atoms with E-state index in [9.17, 15) is 0 Å². The Hall–Kier alpha value is -0.0800. The molecule has 0 aliphatic heterocycles. The molecule has 84 valence electrons. The van der Waals surface area contributed by atoms with Gasteiger partial charge in [0.2, 0.25) is 0 Å². The van der Waals surface area contributed by atoms with Crippen molar-refractivity contribution >= 4 is 0 Å². The van der Waals surface area contributed by atoms with E-state index in [0.29, 0.717) is 0 Å². The van der Waals surface area contributed by atoms with Gasteiger partial charge in [-0.3, -0.25) is 0 Å². The number of nitrogens with two attached hydrogens (primary N) is 1. The summed E-state index contributed by atoms with van der Waals surface area (Å²) in [5.41, 5.74) is 5.85. The molecule has 0 heterocycles. The summed E-state index contributed by atoms with van der Waals surface area (Å²) in [5, 5.41) is 0. The molecule has 0 aromatic carbocycles. The van der Waals surface area contributed by atoms with Gasteiger partial charge in [-0.2, -0.15) is 0 Å². The molecular weight excluding hydrogens is 172 g/mol. The summed E-state index contributed by atoms with van der Waals surface area (Å²) < 4.78 is 0. The Morgan fingerprint density at radius 1 is 1.36 bits per heavy atom. The Kier molecular flexibility index (Phi) is 4.90. The molecule has 3 atom stereocenters. The summed E-state index contributed by atoms with van der Waals surface area (Å²) >= 11 is 0. The summed E-state index contributed by atoms with van der Waals surface area (Å²) in [4.78, 5) is 2.52. The largest absolute Gasteiger partial charge is 0.330 e. The van der Waals surface area contributed by atoms with E-state index in [1.807, 2.05) is 0 Å². The van der Waals surface area contributed by atoms with Crippen LogP contribution >= 0.6 is 0 Å². The van der Waals surface area contributed by atoms with Crippen molar-refractivity contribution in [1.29, 1.82) is 0 Å². The van der Waals surface area contributed by atoms with Crippen LogP contribution < -0.4 is 5.73 Å². The molecule has 14 heavy (non-hydrogen) atoms. The minimum atomic E-state index is 0.739. The average molecular weight is 198 g/mol. The molecule has 1 rings (SSSR count). The molecular formula is C12H26N2. The highest BCUT2D eigenvalue weighted by atomic mass is 15.1. The van der Waals surface area contributed by atoms with Crippen LogP contribution in [0.4, 0.5) is 0 Å². The van der Waals surface area contributed by atoms with Gasteiger partial charge in [-0.05, 0) is 51.2 Å². The van der Waals surface area contributed by atoms with Crippen molar-refractivity contribution in [2.75, 3.05) is 20.1 Å². The Balaban J connectivity index is 2.51. The third kappa shape index (κ3) is 2.96. The molecule has 0 aromatic heterocycles. The second-order valence-corrected chi connectivity index (χ2v) is 4.96. The molecule has 3 unspecified atom stereocenters. The van der Waals surface area contributed by atoms with E-state index in [-0.39, 0.29) is 0 Å². The molecule has 0 amide bonds. The smallest absolute Gasteiger partial charge is 0.0135 e. The van der Waals surface area contributed by atoms with Crippen molar-refractivity contribution in [2.24, 2.45) is 17.6 Å². The van der Waals surface area contributed by atoms with Crippen molar-refractivity contribution < 1.29 is 0 Å². The van der Waals surface area contributed by atoms with Crippen LogP contribution in [0.25, 0.3) is 0 Å². The number of rotatable bonds is 4. The van der Waals surface area contributed by atoms with E-state index < -0.39 is 0 Å². The predicted octanol–water partition coefficient (Wildman–Crippen LogP) is 2.09. The molecule has 0 radical (unpaired) electrons. The maximum absolute atomic E-state index is 5.85. The molecule has 2 N–H and O–H groups in total. The standard InChI is InChI=1S/C12H26N2/c1-4-7-14(3)12-8-10(2)5-6-11(12)9-13/h10-12H,4-9,13H2,1-3H3. The Labute approximate surface area is 88.8 Å². The molecule has 2 nitrogen and oxygen atoms in total. The first-order valence-electron chi connectivity index (χ1n) is 6.09. The van der Waals surface area contributed by atoms with Gasteiger partial charge < -0.3 is 10.6 Å². The SMILES string of the molecule is CCCN(C)C1CC(C)CCC1CN. The zero-order valence-corrected chi connectivity index (χ0v) is 10.00. The zero-order chi connectivity index (χ0) is 10.6. The van der Waals surface area contributed by atoms with Crippen LogP contribution in [0.3, 0.4) is 0 Å². The van der Waals surface area contributed by atoms with Crippen LogP contribution in [0.1, 0.15) is 39.5 Å². The van der Waals surface area contributed by atoms with Gasteiger partial charge in [0, 0.05) is 6.04 Å². The minimum absolute atomic E-state index is 0.739. The quantitative estimate of drug-likeness (QED) is 0.749. The van der Waals surface area contributed by atoms with Crippen LogP contribution in [0.2, 0.25) is 0 Å². The fourth-order valence-corrected chi connectivity index (χ4v) is 2.75. The molecule has 1 aliphatic carbocycles. The highest BCUT2D eigenvalue weighted by Gasteiger charge is 2.29. The maximum Gasteiger partial charge on any atom is 0.0135 e. The van der Waals surface area contributed by atoms with E-state index in [1.54, 1.807) is 0 Å². The van der Waals surface area contributed by atoms with Gasteiger partial charge in [0.1, 0.15) is 0 Å². The first-order chi connectivity index (χ1) is 6.69. The lowest BCUT2D eigenvalue weighted by molar-refractivity contribution is 0.109. The van der Waals surface area contributed by atoms with Crippen molar-refractivity contribution in [1.82, 2.24) is 4.90 Å². The van der Waals surface area contributed by atoms with Crippen LogP contribution in [-0.4, -0.2) is 31.1 Å². The number of hydrogen-bond donors (Lipinski definition) is 1.